The van der Waals surface area contributed by atoms with Gasteiger partial charge in [0.05, 0.1) is 11.0 Å². The molecule has 0 spiro atoms. The molecular weight excluding hydrogens is 226 g/mol. The van der Waals surface area contributed by atoms with Crippen LogP contribution in [0.3, 0.4) is 0 Å². The maximum absolute atomic E-state index is 11.8. The number of carbonyl (C=O) groups excluding carboxylic acids is 2. The first-order valence-electron chi connectivity index (χ1n) is 5.71. The Balaban J connectivity index is 2.57. The lowest BCUT2D eigenvalue weighted by atomic mass is 10.1. The Kier molecular flexibility index (Phi) is 2.27. The molecule has 1 aromatic heterocycles. The summed E-state index contributed by atoms with van der Waals surface area (Å²) >= 11 is 0. The second-order valence-electron chi connectivity index (χ2n) is 4.27. The maximum atomic E-state index is 11.8. The normalized spacial score (nSPS) is 10.9. The number of carbonyl (C=O) groups is 2. The van der Waals surface area contributed by atoms with E-state index in [4.69, 9.17) is 0 Å². The predicted molar refractivity (Wildman–Crippen MR) is 71.1 cm³/mol. The molecule has 0 fully saturated rings. The number of hydrogen-bond acceptors (Lipinski definition) is 2. The van der Waals surface area contributed by atoms with Gasteiger partial charge in [0, 0.05) is 23.3 Å². The Morgan fingerprint density at radius 3 is 2.50 bits per heavy atom. The first-order chi connectivity index (χ1) is 8.72. The standard InChI is InChI=1S/C15H11NO2/c1-10(18)16-14-5-3-2-4-12(14)13-8-11(9-17)6-7-15(13)16/h2-9H,1H3. The van der Waals surface area contributed by atoms with Gasteiger partial charge in [-0.25, -0.2) is 0 Å². The fraction of sp³-hybridized carbons (Fsp3) is 0.0667. The second-order valence-corrected chi connectivity index (χ2v) is 4.27. The summed E-state index contributed by atoms with van der Waals surface area (Å²) in [5.74, 6) is -0.0277. The maximum Gasteiger partial charge on any atom is 0.228 e. The minimum Gasteiger partial charge on any atom is -0.298 e. The zero-order valence-electron chi connectivity index (χ0n) is 9.88. The van der Waals surface area contributed by atoms with E-state index in [0.29, 0.717) is 5.56 Å². The largest absolute Gasteiger partial charge is 0.298 e. The molecule has 0 bridgehead atoms. The van der Waals surface area contributed by atoms with E-state index in [1.165, 1.54) is 0 Å². The van der Waals surface area contributed by atoms with Crippen molar-refractivity contribution in [2.75, 3.05) is 0 Å². The molecule has 3 nitrogen and oxygen atoms in total. The van der Waals surface area contributed by atoms with Gasteiger partial charge in [-0.05, 0) is 24.3 Å². The molecule has 0 aliphatic heterocycles. The van der Waals surface area contributed by atoms with E-state index in [9.17, 15) is 9.59 Å². The van der Waals surface area contributed by atoms with Crippen molar-refractivity contribution < 1.29 is 9.59 Å². The zero-order chi connectivity index (χ0) is 12.7. The van der Waals surface area contributed by atoms with Crippen molar-refractivity contribution in [3.8, 4) is 0 Å². The number of para-hydroxylation sites is 1. The summed E-state index contributed by atoms with van der Waals surface area (Å²) in [5, 5.41) is 1.93. The van der Waals surface area contributed by atoms with Crippen LogP contribution >= 0.6 is 0 Å². The second kappa shape index (κ2) is 3.81. The summed E-state index contributed by atoms with van der Waals surface area (Å²) in [6.07, 6.45) is 0.819. The number of aldehydes is 1. The average molecular weight is 237 g/mol. The lowest BCUT2D eigenvalue weighted by molar-refractivity contribution is 0.0946. The van der Waals surface area contributed by atoms with Crippen LogP contribution in [0.5, 0.6) is 0 Å². The Hall–Kier alpha value is -2.42. The molecule has 0 N–H and O–H groups in total. The van der Waals surface area contributed by atoms with Crippen LogP contribution in [-0.4, -0.2) is 16.8 Å². The van der Waals surface area contributed by atoms with Crippen LogP contribution in [0.15, 0.2) is 42.5 Å². The van der Waals surface area contributed by atoms with E-state index in [2.05, 4.69) is 0 Å². The molecule has 0 unspecified atom stereocenters. The molecule has 3 rings (SSSR count). The molecule has 3 heteroatoms. The van der Waals surface area contributed by atoms with Gasteiger partial charge in [0.2, 0.25) is 5.91 Å². The van der Waals surface area contributed by atoms with Gasteiger partial charge < -0.3 is 0 Å². The lowest BCUT2D eigenvalue weighted by Gasteiger charge is -2.00. The van der Waals surface area contributed by atoms with Gasteiger partial charge in [0.15, 0.2) is 0 Å². The van der Waals surface area contributed by atoms with Gasteiger partial charge in [-0.3, -0.25) is 14.2 Å². The highest BCUT2D eigenvalue weighted by Gasteiger charge is 2.12. The highest BCUT2D eigenvalue weighted by atomic mass is 16.1. The van der Waals surface area contributed by atoms with Crippen LogP contribution in [0.2, 0.25) is 0 Å². The van der Waals surface area contributed by atoms with Crippen molar-refractivity contribution >= 4 is 34.0 Å². The molecular formula is C15H11NO2. The van der Waals surface area contributed by atoms with Crippen molar-refractivity contribution in [3.63, 3.8) is 0 Å². The Morgan fingerprint density at radius 2 is 1.78 bits per heavy atom. The van der Waals surface area contributed by atoms with Gasteiger partial charge in [-0.15, -0.1) is 0 Å². The van der Waals surface area contributed by atoms with Crippen LogP contribution in [-0.2, 0) is 0 Å². The molecule has 0 aliphatic carbocycles. The Morgan fingerprint density at radius 1 is 1.06 bits per heavy atom. The molecule has 18 heavy (non-hydrogen) atoms. The third-order valence-electron chi connectivity index (χ3n) is 3.15. The van der Waals surface area contributed by atoms with Crippen LogP contribution in [0.4, 0.5) is 0 Å². The Bertz CT molecular complexity index is 784. The highest BCUT2D eigenvalue weighted by molar-refractivity contribution is 6.13. The third-order valence-corrected chi connectivity index (χ3v) is 3.15. The zero-order valence-corrected chi connectivity index (χ0v) is 9.88. The van der Waals surface area contributed by atoms with Crippen molar-refractivity contribution in [2.45, 2.75) is 6.92 Å². The van der Waals surface area contributed by atoms with E-state index in [1.807, 2.05) is 36.4 Å². The summed E-state index contributed by atoms with van der Waals surface area (Å²) < 4.78 is 1.68. The van der Waals surface area contributed by atoms with Crippen LogP contribution in [0, 0.1) is 0 Å². The monoisotopic (exact) mass is 237 g/mol. The molecule has 0 amide bonds. The van der Waals surface area contributed by atoms with Gasteiger partial charge in [0.25, 0.3) is 0 Å². The SMILES string of the molecule is CC(=O)n1c2ccccc2c2cc(C=O)ccc21. The smallest absolute Gasteiger partial charge is 0.228 e. The molecule has 1 heterocycles. The van der Waals surface area contributed by atoms with E-state index in [1.54, 1.807) is 17.6 Å². The molecule has 88 valence electrons. The predicted octanol–water partition coefficient (Wildman–Crippen LogP) is 3.27. The summed E-state index contributed by atoms with van der Waals surface area (Å²) in [6.45, 7) is 1.54. The van der Waals surface area contributed by atoms with Gasteiger partial charge in [0.1, 0.15) is 6.29 Å². The van der Waals surface area contributed by atoms with E-state index >= 15 is 0 Å². The summed E-state index contributed by atoms with van der Waals surface area (Å²) in [4.78, 5) is 22.6. The molecule has 0 saturated heterocycles. The first kappa shape index (κ1) is 10.7. The summed E-state index contributed by atoms with van der Waals surface area (Å²) in [5.41, 5.74) is 2.34. The quantitative estimate of drug-likeness (QED) is 0.609. The lowest BCUT2D eigenvalue weighted by Crippen LogP contribution is -2.04. The van der Waals surface area contributed by atoms with E-state index < -0.39 is 0 Å². The molecule has 0 saturated carbocycles. The van der Waals surface area contributed by atoms with Crippen LogP contribution in [0.1, 0.15) is 22.1 Å². The van der Waals surface area contributed by atoms with E-state index in [-0.39, 0.29) is 5.91 Å². The van der Waals surface area contributed by atoms with Crippen molar-refractivity contribution in [1.82, 2.24) is 4.57 Å². The fourth-order valence-electron chi connectivity index (χ4n) is 2.40. The van der Waals surface area contributed by atoms with Gasteiger partial charge >= 0.3 is 0 Å². The van der Waals surface area contributed by atoms with Crippen molar-refractivity contribution in [1.29, 1.82) is 0 Å². The number of nitrogens with zero attached hydrogens (tertiary/aromatic N) is 1. The molecule has 0 aliphatic rings. The van der Waals surface area contributed by atoms with Crippen LogP contribution in [0.25, 0.3) is 21.8 Å². The van der Waals surface area contributed by atoms with E-state index in [0.717, 1.165) is 28.1 Å². The highest BCUT2D eigenvalue weighted by Crippen LogP contribution is 2.29. The number of hydrogen-bond donors (Lipinski definition) is 0. The number of fused-ring (bicyclic) bond motifs is 3. The minimum atomic E-state index is -0.0277. The molecule has 3 aromatic rings. The number of benzene rings is 2. The Labute approximate surface area is 104 Å². The van der Waals surface area contributed by atoms with Crippen molar-refractivity contribution in [3.05, 3.63) is 48.0 Å². The minimum absolute atomic E-state index is 0.0277. The summed E-state index contributed by atoms with van der Waals surface area (Å²) in [7, 11) is 0. The average Bonchev–Trinajstić information content (AvgIpc) is 2.72. The number of rotatable bonds is 1. The first-order valence-corrected chi connectivity index (χ1v) is 5.71. The summed E-state index contributed by atoms with van der Waals surface area (Å²) in [6, 6.07) is 13.1. The van der Waals surface area contributed by atoms with Gasteiger partial charge in [-0.1, -0.05) is 18.2 Å². The fourth-order valence-corrected chi connectivity index (χ4v) is 2.40. The molecule has 2 aromatic carbocycles. The molecule has 0 radical (unpaired) electrons. The van der Waals surface area contributed by atoms with Crippen molar-refractivity contribution in [2.24, 2.45) is 0 Å². The molecule has 0 atom stereocenters. The van der Waals surface area contributed by atoms with Crippen LogP contribution < -0.4 is 0 Å². The van der Waals surface area contributed by atoms with Gasteiger partial charge in [-0.2, -0.15) is 0 Å². The number of aromatic nitrogens is 1. The third kappa shape index (κ3) is 1.37. The topological polar surface area (TPSA) is 39.1 Å².